The number of para-hydroxylation sites is 1. The summed E-state index contributed by atoms with van der Waals surface area (Å²) in [6, 6.07) is 13.9. The van der Waals surface area contributed by atoms with Gasteiger partial charge in [0.25, 0.3) is 10.0 Å². The highest BCUT2D eigenvalue weighted by molar-refractivity contribution is 7.92. The molecule has 0 aliphatic carbocycles. The van der Waals surface area contributed by atoms with Crippen molar-refractivity contribution in [1.82, 2.24) is 0 Å². The zero-order valence-corrected chi connectivity index (χ0v) is 14.0. The Morgan fingerprint density at radius 1 is 1.13 bits per heavy atom. The summed E-state index contributed by atoms with van der Waals surface area (Å²) in [7, 11) is -3.67. The Kier molecular flexibility index (Phi) is 3.98. The lowest BCUT2D eigenvalue weighted by Crippen LogP contribution is -2.36. The van der Waals surface area contributed by atoms with Crippen LogP contribution >= 0.6 is 0 Å². The fourth-order valence-electron chi connectivity index (χ4n) is 2.97. The van der Waals surface area contributed by atoms with Gasteiger partial charge in [-0.05, 0) is 43.0 Å². The first kappa shape index (κ1) is 15.7. The van der Waals surface area contributed by atoms with Crippen LogP contribution in [-0.2, 0) is 10.0 Å². The summed E-state index contributed by atoms with van der Waals surface area (Å²) in [6.45, 7) is 3.99. The van der Waals surface area contributed by atoms with Gasteiger partial charge in [0.2, 0.25) is 0 Å². The monoisotopic (exact) mass is 329 g/mol. The molecule has 0 radical (unpaired) electrons. The molecule has 23 heavy (non-hydrogen) atoms. The van der Waals surface area contributed by atoms with E-state index in [0.717, 1.165) is 17.7 Å². The topological polar surface area (TPSA) is 54.5 Å². The van der Waals surface area contributed by atoms with Crippen molar-refractivity contribution < 1.29 is 13.2 Å². The summed E-state index contributed by atoms with van der Waals surface area (Å²) in [6.07, 6.45) is 0.780. The zero-order chi connectivity index (χ0) is 16.6. The van der Waals surface area contributed by atoms with Crippen molar-refractivity contribution in [3.63, 3.8) is 0 Å². The molecule has 0 amide bonds. The number of benzene rings is 2. The van der Waals surface area contributed by atoms with E-state index in [2.05, 4.69) is 6.92 Å². The van der Waals surface area contributed by atoms with Crippen LogP contribution in [0.2, 0.25) is 0 Å². The quantitative estimate of drug-likeness (QED) is 0.809. The maximum atomic E-state index is 13.0. The molecule has 0 bridgehead atoms. The number of Topliss-reactive ketones (excluding diaryl/α,β-unsaturated/α-hetero) is 1. The zero-order valence-electron chi connectivity index (χ0n) is 13.2. The molecule has 1 aliphatic rings. The highest BCUT2D eigenvalue weighted by Gasteiger charge is 2.31. The smallest absolute Gasteiger partial charge is 0.264 e. The molecule has 0 spiro atoms. The van der Waals surface area contributed by atoms with Crippen LogP contribution in [0.15, 0.2) is 53.4 Å². The summed E-state index contributed by atoms with van der Waals surface area (Å²) in [5.74, 6) is 0.191. The van der Waals surface area contributed by atoms with Gasteiger partial charge in [0, 0.05) is 12.1 Å². The molecule has 1 unspecified atom stereocenters. The van der Waals surface area contributed by atoms with Gasteiger partial charge in [0.15, 0.2) is 5.78 Å². The highest BCUT2D eigenvalue weighted by atomic mass is 32.2. The Hall–Kier alpha value is -2.14. The molecule has 1 atom stereocenters. The van der Waals surface area contributed by atoms with Gasteiger partial charge >= 0.3 is 0 Å². The molecule has 5 heteroatoms. The van der Waals surface area contributed by atoms with Crippen molar-refractivity contribution >= 4 is 21.5 Å². The maximum absolute atomic E-state index is 13.0. The molecule has 2 aromatic rings. The SMILES string of the molecule is CC(=O)c1cccc(S(=O)(=O)N2CCC(C)c3ccccc32)c1. The lowest BCUT2D eigenvalue weighted by atomic mass is 9.93. The van der Waals surface area contributed by atoms with Crippen LogP contribution in [-0.4, -0.2) is 20.7 Å². The summed E-state index contributed by atoms with van der Waals surface area (Å²) in [4.78, 5) is 11.7. The van der Waals surface area contributed by atoms with Gasteiger partial charge in [-0.1, -0.05) is 37.3 Å². The first-order chi connectivity index (χ1) is 10.9. The molecule has 1 heterocycles. The Bertz CT molecular complexity index is 858. The number of anilines is 1. The van der Waals surface area contributed by atoms with Crippen molar-refractivity contribution in [2.24, 2.45) is 0 Å². The molecular weight excluding hydrogens is 310 g/mol. The molecule has 0 N–H and O–H groups in total. The van der Waals surface area contributed by atoms with Crippen LogP contribution in [0.4, 0.5) is 5.69 Å². The molecule has 0 saturated heterocycles. The fourth-order valence-corrected chi connectivity index (χ4v) is 4.52. The van der Waals surface area contributed by atoms with Crippen molar-refractivity contribution in [1.29, 1.82) is 0 Å². The fraction of sp³-hybridized carbons (Fsp3) is 0.278. The minimum Gasteiger partial charge on any atom is -0.295 e. The number of sulfonamides is 1. The van der Waals surface area contributed by atoms with Gasteiger partial charge in [0.05, 0.1) is 10.6 Å². The summed E-state index contributed by atoms with van der Waals surface area (Å²) < 4.78 is 27.6. The standard InChI is InChI=1S/C18H19NO3S/c1-13-10-11-19(18-9-4-3-8-17(13)18)23(21,22)16-7-5-6-15(12-16)14(2)20/h3-9,12-13H,10-11H2,1-2H3. The number of hydrogen-bond acceptors (Lipinski definition) is 3. The van der Waals surface area contributed by atoms with Gasteiger partial charge in [-0.3, -0.25) is 9.10 Å². The van der Waals surface area contributed by atoms with E-state index in [0.29, 0.717) is 18.0 Å². The number of hydrogen-bond donors (Lipinski definition) is 0. The number of carbonyl (C=O) groups excluding carboxylic acids is 1. The number of ketones is 1. The number of fused-ring (bicyclic) bond motifs is 1. The number of carbonyl (C=O) groups is 1. The first-order valence-electron chi connectivity index (χ1n) is 7.64. The molecule has 1 aliphatic heterocycles. The summed E-state index contributed by atoms with van der Waals surface area (Å²) in [5, 5.41) is 0. The van der Waals surface area contributed by atoms with Crippen LogP contribution in [0.5, 0.6) is 0 Å². The number of nitrogens with zero attached hydrogens (tertiary/aromatic N) is 1. The average molecular weight is 329 g/mol. The maximum Gasteiger partial charge on any atom is 0.264 e. The number of rotatable bonds is 3. The predicted octanol–water partition coefficient (Wildman–Crippen LogP) is 3.59. The summed E-state index contributed by atoms with van der Waals surface area (Å²) >= 11 is 0. The third-order valence-corrected chi connectivity index (χ3v) is 6.14. The van der Waals surface area contributed by atoms with E-state index in [1.54, 1.807) is 18.2 Å². The van der Waals surface area contributed by atoms with E-state index in [1.807, 2.05) is 24.3 Å². The molecule has 0 fully saturated rings. The van der Waals surface area contributed by atoms with Crippen molar-refractivity contribution in [3.8, 4) is 0 Å². The minimum atomic E-state index is -3.67. The summed E-state index contributed by atoms with van der Waals surface area (Å²) in [5.41, 5.74) is 2.19. The Balaban J connectivity index is 2.09. The second kappa shape index (κ2) is 5.81. The first-order valence-corrected chi connectivity index (χ1v) is 9.08. The van der Waals surface area contributed by atoms with Gasteiger partial charge < -0.3 is 0 Å². The van der Waals surface area contributed by atoms with E-state index in [4.69, 9.17) is 0 Å². The van der Waals surface area contributed by atoms with Gasteiger partial charge in [-0.25, -0.2) is 8.42 Å². The highest BCUT2D eigenvalue weighted by Crippen LogP contribution is 2.37. The predicted molar refractivity (Wildman–Crippen MR) is 90.5 cm³/mol. The van der Waals surface area contributed by atoms with Crippen molar-refractivity contribution in [3.05, 3.63) is 59.7 Å². The Labute approximate surface area is 136 Å². The van der Waals surface area contributed by atoms with E-state index < -0.39 is 10.0 Å². The van der Waals surface area contributed by atoms with Crippen LogP contribution in [0.3, 0.4) is 0 Å². The largest absolute Gasteiger partial charge is 0.295 e. The molecule has 0 saturated carbocycles. The second-order valence-electron chi connectivity index (χ2n) is 5.91. The molecule has 2 aromatic carbocycles. The van der Waals surface area contributed by atoms with Crippen LogP contribution in [0, 0.1) is 0 Å². The molecule has 0 aromatic heterocycles. The van der Waals surface area contributed by atoms with Crippen LogP contribution in [0.25, 0.3) is 0 Å². The van der Waals surface area contributed by atoms with Crippen molar-refractivity contribution in [2.75, 3.05) is 10.8 Å². The third kappa shape index (κ3) is 2.77. The molecular formula is C18H19NO3S. The van der Waals surface area contributed by atoms with Crippen molar-refractivity contribution in [2.45, 2.75) is 31.1 Å². The van der Waals surface area contributed by atoms with E-state index in [9.17, 15) is 13.2 Å². The lowest BCUT2D eigenvalue weighted by Gasteiger charge is -2.33. The minimum absolute atomic E-state index is 0.144. The van der Waals surface area contributed by atoms with Crippen LogP contribution in [0.1, 0.15) is 42.1 Å². The van der Waals surface area contributed by atoms with Gasteiger partial charge in [-0.15, -0.1) is 0 Å². The second-order valence-corrected chi connectivity index (χ2v) is 7.77. The van der Waals surface area contributed by atoms with Gasteiger partial charge in [-0.2, -0.15) is 0 Å². The van der Waals surface area contributed by atoms with E-state index >= 15 is 0 Å². The van der Waals surface area contributed by atoms with E-state index in [1.165, 1.54) is 17.3 Å². The third-order valence-electron chi connectivity index (χ3n) is 4.33. The molecule has 4 nitrogen and oxygen atoms in total. The van der Waals surface area contributed by atoms with E-state index in [-0.39, 0.29) is 10.7 Å². The Morgan fingerprint density at radius 2 is 1.87 bits per heavy atom. The molecule has 120 valence electrons. The lowest BCUT2D eigenvalue weighted by molar-refractivity contribution is 0.101. The van der Waals surface area contributed by atoms with Gasteiger partial charge in [0.1, 0.15) is 0 Å². The Morgan fingerprint density at radius 3 is 2.61 bits per heavy atom. The average Bonchev–Trinajstić information content (AvgIpc) is 2.55. The normalized spacial score (nSPS) is 17.7. The molecule has 3 rings (SSSR count). The van der Waals surface area contributed by atoms with Crippen LogP contribution < -0.4 is 4.31 Å².